The third kappa shape index (κ3) is 2.56. The Morgan fingerprint density at radius 1 is 1.44 bits per heavy atom. The van der Waals surface area contributed by atoms with Gasteiger partial charge in [-0.1, -0.05) is 30.8 Å². The van der Waals surface area contributed by atoms with Gasteiger partial charge in [0.2, 0.25) is 0 Å². The quantitative estimate of drug-likeness (QED) is 0.673. The molecule has 6 heteroatoms. The number of fused-ring (bicyclic) bond motifs is 3. The van der Waals surface area contributed by atoms with E-state index in [9.17, 15) is 10.1 Å². The second kappa shape index (κ2) is 6.08. The Balaban J connectivity index is 1.96. The Labute approximate surface area is 149 Å². The van der Waals surface area contributed by atoms with Crippen LogP contribution >= 0.6 is 11.8 Å². The van der Waals surface area contributed by atoms with Gasteiger partial charge in [0.15, 0.2) is 5.65 Å². The SMILES string of the molecule is CCc1cc(S[C@H]2C[C@H](C)OC2=O)n2c(nc3ccccc32)c1C#N. The van der Waals surface area contributed by atoms with Crippen molar-refractivity contribution in [3.8, 4) is 6.07 Å². The molecule has 5 nitrogen and oxygen atoms in total. The van der Waals surface area contributed by atoms with Crippen LogP contribution in [0.25, 0.3) is 16.7 Å². The first-order chi connectivity index (χ1) is 12.1. The van der Waals surface area contributed by atoms with Crippen LogP contribution in [0.2, 0.25) is 0 Å². The lowest BCUT2D eigenvalue weighted by molar-refractivity contribution is -0.140. The molecule has 4 rings (SSSR count). The lowest BCUT2D eigenvalue weighted by atomic mass is 10.1. The normalized spacial score (nSPS) is 20.1. The molecule has 0 saturated carbocycles. The lowest BCUT2D eigenvalue weighted by Gasteiger charge is -2.12. The molecule has 1 aliphatic heterocycles. The summed E-state index contributed by atoms with van der Waals surface area (Å²) in [6.45, 7) is 3.94. The predicted octanol–water partition coefficient (Wildman–Crippen LogP) is 3.72. The number of ether oxygens (including phenoxy) is 1. The number of imidazole rings is 1. The Kier molecular flexibility index (Phi) is 3.89. The number of thioether (sulfide) groups is 1. The number of cyclic esters (lactones) is 1. The van der Waals surface area contributed by atoms with Crippen molar-refractivity contribution in [2.45, 2.75) is 43.1 Å². The van der Waals surface area contributed by atoms with Crippen LogP contribution in [0.15, 0.2) is 35.4 Å². The number of benzene rings is 1. The highest BCUT2D eigenvalue weighted by Crippen LogP contribution is 2.36. The number of nitriles is 1. The topological polar surface area (TPSA) is 67.4 Å². The second-order valence-corrected chi connectivity index (χ2v) is 7.42. The van der Waals surface area contributed by atoms with Gasteiger partial charge in [-0.25, -0.2) is 4.98 Å². The number of nitrogens with zero attached hydrogens (tertiary/aromatic N) is 3. The van der Waals surface area contributed by atoms with Crippen molar-refractivity contribution in [1.29, 1.82) is 5.26 Å². The molecule has 0 bridgehead atoms. The number of carbonyl (C=O) groups is 1. The van der Waals surface area contributed by atoms with Gasteiger partial charge in [-0.15, -0.1) is 0 Å². The molecule has 3 aromatic rings. The molecular weight excluding hydrogens is 334 g/mol. The minimum absolute atomic E-state index is 0.0518. The molecule has 2 aromatic heterocycles. The minimum atomic E-state index is -0.225. The van der Waals surface area contributed by atoms with Gasteiger partial charge in [0, 0.05) is 6.42 Å². The largest absolute Gasteiger partial charge is 0.462 e. The molecule has 25 heavy (non-hydrogen) atoms. The van der Waals surface area contributed by atoms with E-state index in [0.29, 0.717) is 17.6 Å². The summed E-state index contributed by atoms with van der Waals surface area (Å²) >= 11 is 1.50. The molecule has 3 heterocycles. The van der Waals surface area contributed by atoms with Crippen LogP contribution in [0.5, 0.6) is 0 Å². The number of pyridine rings is 1. The molecule has 1 aliphatic rings. The maximum atomic E-state index is 12.1. The second-order valence-electron chi connectivity index (χ2n) is 6.20. The molecule has 0 spiro atoms. The molecule has 1 aromatic carbocycles. The number of para-hydroxylation sites is 2. The Morgan fingerprint density at radius 3 is 2.92 bits per heavy atom. The summed E-state index contributed by atoms with van der Waals surface area (Å²) in [6, 6.07) is 12.1. The summed E-state index contributed by atoms with van der Waals surface area (Å²) in [5.41, 5.74) is 4.00. The standard InChI is InChI=1S/C19H17N3O2S/c1-3-12-9-17(25-16-8-11(2)24-19(16)23)22-15-7-5-4-6-14(15)21-18(22)13(12)10-20/h4-7,9,11,16H,3,8H2,1-2H3/t11-,16-/m0/s1. The molecule has 126 valence electrons. The van der Waals surface area contributed by atoms with Crippen LogP contribution in [-0.2, 0) is 16.0 Å². The number of aromatic nitrogens is 2. The number of hydrogen-bond acceptors (Lipinski definition) is 5. The molecule has 2 atom stereocenters. The highest BCUT2D eigenvalue weighted by Gasteiger charge is 2.33. The van der Waals surface area contributed by atoms with Gasteiger partial charge >= 0.3 is 5.97 Å². The van der Waals surface area contributed by atoms with Crippen LogP contribution in [0, 0.1) is 11.3 Å². The predicted molar refractivity (Wildman–Crippen MR) is 96.6 cm³/mol. The molecule has 0 amide bonds. The summed E-state index contributed by atoms with van der Waals surface area (Å²) in [6.07, 6.45) is 1.38. The number of rotatable bonds is 3. The molecule has 1 fully saturated rings. The van der Waals surface area contributed by atoms with Gasteiger partial charge in [-0.05, 0) is 37.1 Å². The fourth-order valence-electron chi connectivity index (χ4n) is 3.30. The summed E-state index contributed by atoms with van der Waals surface area (Å²) in [5.74, 6) is -0.169. The molecular formula is C19H17N3O2S. The highest BCUT2D eigenvalue weighted by molar-refractivity contribution is 8.00. The number of hydrogen-bond donors (Lipinski definition) is 0. The van der Waals surface area contributed by atoms with E-state index in [-0.39, 0.29) is 17.3 Å². The van der Waals surface area contributed by atoms with E-state index >= 15 is 0 Å². The van der Waals surface area contributed by atoms with Crippen molar-refractivity contribution in [1.82, 2.24) is 9.38 Å². The average Bonchev–Trinajstić information content (AvgIpc) is 3.14. The first-order valence-electron chi connectivity index (χ1n) is 8.32. The number of aryl methyl sites for hydroxylation is 1. The lowest BCUT2D eigenvalue weighted by Crippen LogP contribution is -2.11. The van der Waals surface area contributed by atoms with Crippen molar-refractivity contribution in [3.05, 3.63) is 41.5 Å². The summed E-state index contributed by atoms with van der Waals surface area (Å²) in [4.78, 5) is 16.8. The minimum Gasteiger partial charge on any atom is -0.462 e. The maximum absolute atomic E-state index is 12.1. The fraction of sp³-hybridized carbons (Fsp3) is 0.316. The first-order valence-corrected chi connectivity index (χ1v) is 9.20. The van der Waals surface area contributed by atoms with Crippen molar-refractivity contribution in [3.63, 3.8) is 0 Å². The third-order valence-corrected chi connectivity index (χ3v) is 5.72. The van der Waals surface area contributed by atoms with Gasteiger partial charge in [0.05, 0.1) is 21.6 Å². The van der Waals surface area contributed by atoms with Crippen LogP contribution in [-0.4, -0.2) is 26.7 Å². The summed E-state index contributed by atoms with van der Waals surface area (Å²) in [5, 5.41) is 10.3. The molecule has 0 radical (unpaired) electrons. The first kappa shape index (κ1) is 16.0. The molecule has 0 N–H and O–H groups in total. The van der Waals surface area contributed by atoms with Gasteiger partial charge in [-0.2, -0.15) is 5.26 Å². The van der Waals surface area contributed by atoms with Crippen LogP contribution in [0.3, 0.4) is 0 Å². The molecule has 0 aliphatic carbocycles. The van der Waals surface area contributed by atoms with E-state index in [0.717, 1.165) is 28.0 Å². The van der Waals surface area contributed by atoms with E-state index in [1.54, 1.807) is 0 Å². The summed E-state index contributed by atoms with van der Waals surface area (Å²) < 4.78 is 7.29. The van der Waals surface area contributed by atoms with Gasteiger partial charge in [-0.3, -0.25) is 9.20 Å². The van der Waals surface area contributed by atoms with Crippen molar-refractivity contribution in [2.75, 3.05) is 0 Å². The Morgan fingerprint density at radius 2 is 2.24 bits per heavy atom. The van der Waals surface area contributed by atoms with E-state index in [4.69, 9.17) is 4.74 Å². The monoisotopic (exact) mass is 351 g/mol. The highest BCUT2D eigenvalue weighted by atomic mass is 32.2. The zero-order valence-corrected chi connectivity index (χ0v) is 14.8. The number of esters is 1. The molecule has 1 saturated heterocycles. The van der Waals surface area contributed by atoms with E-state index in [2.05, 4.69) is 11.1 Å². The van der Waals surface area contributed by atoms with E-state index in [1.807, 2.05) is 48.6 Å². The van der Waals surface area contributed by atoms with Crippen molar-refractivity contribution in [2.24, 2.45) is 0 Å². The summed E-state index contributed by atoms with van der Waals surface area (Å²) in [7, 11) is 0. The van der Waals surface area contributed by atoms with Crippen LogP contribution < -0.4 is 0 Å². The van der Waals surface area contributed by atoms with Crippen molar-refractivity contribution < 1.29 is 9.53 Å². The fourth-order valence-corrected chi connectivity index (χ4v) is 4.61. The van der Waals surface area contributed by atoms with Crippen LogP contribution in [0.4, 0.5) is 0 Å². The third-order valence-electron chi connectivity index (χ3n) is 4.51. The van der Waals surface area contributed by atoms with Gasteiger partial charge < -0.3 is 4.74 Å². The molecule has 0 unspecified atom stereocenters. The Hall–Kier alpha value is -2.52. The van der Waals surface area contributed by atoms with Gasteiger partial charge in [0.25, 0.3) is 0 Å². The van der Waals surface area contributed by atoms with Crippen LogP contribution in [0.1, 0.15) is 31.4 Å². The van der Waals surface area contributed by atoms with Gasteiger partial charge in [0.1, 0.15) is 17.4 Å². The van der Waals surface area contributed by atoms with E-state index in [1.165, 1.54) is 11.8 Å². The van der Waals surface area contributed by atoms with E-state index < -0.39 is 0 Å². The smallest absolute Gasteiger partial charge is 0.319 e. The average molecular weight is 351 g/mol. The van der Waals surface area contributed by atoms with Crippen molar-refractivity contribution >= 4 is 34.4 Å². The maximum Gasteiger partial charge on any atom is 0.319 e. The Bertz CT molecular complexity index is 1030. The zero-order chi connectivity index (χ0) is 17.6. The zero-order valence-electron chi connectivity index (χ0n) is 14.0. The number of carbonyl (C=O) groups excluding carboxylic acids is 1.